The normalized spacial score (nSPS) is 9.73. The maximum absolute atomic E-state index is 12.7. The van der Waals surface area contributed by atoms with Crippen LogP contribution in [0.25, 0.3) is 0 Å². The lowest BCUT2D eigenvalue weighted by atomic mass is 10.00. The number of alkyl halides is 2. The number of aromatic nitrogens is 1. The molecule has 0 atom stereocenters. The lowest BCUT2D eigenvalue weighted by Crippen LogP contribution is -2.03. The first-order chi connectivity index (χ1) is 7.11. The Balaban J connectivity index is 3.47. The van der Waals surface area contributed by atoms with Crippen molar-refractivity contribution in [3.05, 3.63) is 28.6 Å². The zero-order valence-corrected chi connectivity index (χ0v) is 7.96. The standard InChI is InChI=1S/C10H7F2N3/c1-6-9(10(11)12)8(2-3-13)7(4-14)5-15-6/h5,10H,2H2,1H3. The minimum atomic E-state index is -2.71. The highest BCUT2D eigenvalue weighted by atomic mass is 19.3. The molecule has 0 saturated heterocycles. The fourth-order valence-electron chi connectivity index (χ4n) is 1.33. The van der Waals surface area contributed by atoms with Crippen LogP contribution in [0.2, 0.25) is 0 Å². The summed E-state index contributed by atoms with van der Waals surface area (Å²) in [6.07, 6.45) is -1.70. The summed E-state index contributed by atoms with van der Waals surface area (Å²) in [6, 6.07) is 3.52. The molecule has 1 rings (SSSR count). The minimum absolute atomic E-state index is 0.0393. The predicted octanol–water partition coefficient (Wildman–Crippen LogP) is 2.27. The third kappa shape index (κ3) is 2.08. The lowest BCUT2D eigenvalue weighted by Gasteiger charge is -2.09. The number of hydrogen-bond acceptors (Lipinski definition) is 3. The highest BCUT2D eigenvalue weighted by Gasteiger charge is 2.19. The van der Waals surface area contributed by atoms with Crippen molar-refractivity contribution in [3.63, 3.8) is 0 Å². The SMILES string of the molecule is Cc1ncc(C#N)c(CC#N)c1C(F)F. The number of nitrogens with zero attached hydrogens (tertiary/aromatic N) is 3. The first-order valence-electron chi connectivity index (χ1n) is 4.15. The van der Waals surface area contributed by atoms with Crippen LogP contribution < -0.4 is 0 Å². The van der Waals surface area contributed by atoms with Crippen LogP contribution in [-0.4, -0.2) is 4.98 Å². The van der Waals surface area contributed by atoms with Gasteiger partial charge in [0, 0.05) is 17.5 Å². The molecule has 1 aromatic heterocycles. The molecular weight excluding hydrogens is 200 g/mol. The Bertz CT molecular complexity index is 455. The zero-order chi connectivity index (χ0) is 11.4. The maximum Gasteiger partial charge on any atom is 0.265 e. The van der Waals surface area contributed by atoms with Gasteiger partial charge in [0.1, 0.15) is 6.07 Å². The number of pyridine rings is 1. The summed E-state index contributed by atoms with van der Waals surface area (Å²) in [7, 11) is 0. The van der Waals surface area contributed by atoms with Gasteiger partial charge in [-0.05, 0) is 12.5 Å². The van der Waals surface area contributed by atoms with E-state index in [-0.39, 0.29) is 28.8 Å². The number of halogens is 2. The highest BCUT2D eigenvalue weighted by Crippen LogP contribution is 2.27. The van der Waals surface area contributed by atoms with Crippen LogP contribution in [0.4, 0.5) is 8.78 Å². The van der Waals surface area contributed by atoms with Crippen LogP contribution in [0.1, 0.15) is 28.8 Å². The van der Waals surface area contributed by atoms with Crippen molar-refractivity contribution in [2.45, 2.75) is 19.8 Å². The summed E-state index contributed by atoms with van der Waals surface area (Å²) in [4.78, 5) is 3.70. The average molecular weight is 207 g/mol. The van der Waals surface area contributed by atoms with Crippen LogP contribution in [0, 0.1) is 29.6 Å². The number of nitriles is 2. The highest BCUT2D eigenvalue weighted by molar-refractivity contribution is 5.44. The van der Waals surface area contributed by atoms with Crippen LogP contribution in [0.3, 0.4) is 0 Å². The molecule has 5 heteroatoms. The lowest BCUT2D eigenvalue weighted by molar-refractivity contribution is 0.149. The molecule has 3 nitrogen and oxygen atoms in total. The van der Waals surface area contributed by atoms with Crippen molar-refractivity contribution >= 4 is 0 Å². The number of hydrogen-bond donors (Lipinski definition) is 0. The second-order valence-corrected chi connectivity index (χ2v) is 2.90. The first kappa shape index (κ1) is 11.1. The van der Waals surface area contributed by atoms with Crippen LogP contribution in [0.5, 0.6) is 0 Å². The predicted molar refractivity (Wildman–Crippen MR) is 48.0 cm³/mol. The molecule has 76 valence electrons. The van der Waals surface area contributed by atoms with Crippen molar-refractivity contribution in [3.8, 4) is 12.1 Å². The third-order valence-corrected chi connectivity index (χ3v) is 2.02. The van der Waals surface area contributed by atoms with E-state index in [1.54, 1.807) is 12.1 Å². The second kappa shape index (κ2) is 4.47. The van der Waals surface area contributed by atoms with Gasteiger partial charge >= 0.3 is 0 Å². The Morgan fingerprint density at radius 2 is 2.13 bits per heavy atom. The molecule has 0 bridgehead atoms. The minimum Gasteiger partial charge on any atom is -0.260 e. The molecule has 0 radical (unpaired) electrons. The molecule has 0 unspecified atom stereocenters. The molecular formula is C10H7F2N3. The average Bonchev–Trinajstić information content (AvgIpc) is 2.18. The molecule has 0 aliphatic rings. The molecule has 1 heterocycles. The van der Waals surface area contributed by atoms with Crippen molar-refractivity contribution < 1.29 is 8.78 Å². The molecule has 0 aliphatic heterocycles. The molecule has 0 saturated carbocycles. The quantitative estimate of drug-likeness (QED) is 0.747. The van der Waals surface area contributed by atoms with Crippen molar-refractivity contribution in [1.29, 1.82) is 10.5 Å². The topological polar surface area (TPSA) is 60.5 Å². The van der Waals surface area contributed by atoms with E-state index in [1.165, 1.54) is 13.1 Å². The van der Waals surface area contributed by atoms with Gasteiger partial charge in [-0.15, -0.1) is 0 Å². The maximum atomic E-state index is 12.7. The van der Waals surface area contributed by atoms with Gasteiger partial charge in [0.15, 0.2) is 0 Å². The number of aryl methyl sites for hydroxylation is 1. The van der Waals surface area contributed by atoms with E-state index < -0.39 is 6.43 Å². The fourth-order valence-corrected chi connectivity index (χ4v) is 1.33. The van der Waals surface area contributed by atoms with Crippen molar-refractivity contribution in [2.24, 2.45) is 0 Å². The number of rotatable bonds is 2. The molecule has 0 spiro atoms. The van der Waals surface area contributed by atoms with Gasteiger partial charge in [-0.3, -0.25) is 4.98 Å². The largest absolute Gasteiger partial charge is 0.265 e. The Hall–Kier alpha value is -2.01. The van der Waals surface area contributed by atoms with Gasteiger partial charge in [-0.1, -0.05) is 0 Å². The van der Waals surface area contributed by atoms with Gasteiger partial charge in [0.2, 0.25) is 0 Å². The van der Waals surface area contributed by atoms with E-state index in [2.05, 4.69) is 4.98 Å². The van der Waals surface area contributed by atoms with Gasteiger partial charge in [-0.25, -0.2) is 8.78 Å². The van der Waals surface area contributed by atoms with Gasteiger partial charge in [0.25, 0.3) is 6.43 Å². The molecule has 0 fully saturated rings. The molecule has 0 aliphatic carbocycles. The summed E-state index contributed by atoms with van der Waals surface area (Å²) in [5.41, 5.74) is -0.00944. The van der Waals surface area contributed by atoms with E-state index in [0.717, 1.165) is 0 Å². The van der Waals surface area contributed by atoms with Crippen molar-refractivity contribution in [2.75, 3.05) is 0 Å². The summed E-state index contributed by atoms with van der Waals surface area (Å²) in [5.74, 6) is 0. The van der Waals surface area contributed by atoms with E-state index >= 15 is 0 Å². The molecule has 15 heavy (non-hydrogen) atoms. The smallest absolute Gasteiger partial charge is 0.260 e. The molecule has 0 N–H and O–H groups in total. The third-order valence-electron chi connectivity index (χ3n) is 2.02. The molecule has 1 aromatic rings. The van der Waals surface area contributed by atoms with Gasteiger partial charge in [-0.2, -0.15) is 10.5 Å². The van der Waals surface area contributed by atoms with Crippen molar-refractivity contribution in [1.82, 2.24) is 4.98 Å². The molecule has 0 amide bonds. The Kier molecular flexibility index (Phi) is 3.30. The summed E-state index contributed by atoms with van der Waals surface area (Å²) in [5, 5.41) is 17.2. The van der Waals surface area contributed by atoms with Crippen LogP contribution >= 0.6 is 0 Å². The van der Waals surface area contributed by atoms with Gasteiger partial charge in [0.05, 0.1) is 18.1 Å². The zero-order valence-electron chi connectivity index (χ0n) is 7.96. The Morgan fingerprint density at radius 1 is 1.47 bits per heavy atom. The summed E-state index contributed by atoms with van der Waals surface area (Å²) < 4.78 is 25.3. The Morgan fingerprint density at radius 3 is 2.60 bits per heavy atom. The first-order valence-corrected chi connectivity index (χ1v) is 4.15. The van der Waals surface area contributed by atoms with Crippen LogP contribution in [0.15, 0.2) is 6.20 Å². The summed E-state index contributed by atoms with van der Waals surface area (Å²) in [6.45, 7) is 1.43. The van der Waals surface area contributed by atoms with E-state index in [4.69, 9.17) is 10.5 Å². The second-order valence-electron chi connectivity index (χ2n) is 2.90. The van der Waals surface area contributed by atoms with Gasteiger partial charge < -0.3 is 0 Å². The fraction of sp³-hybridized carbons (Fsp3) is 0.300. The van der Waals surface area contributed by atoms with E-state index in [1.807, 2.05) is 0 Å². The van der Waals surface area contributed by atoms with Crippen LogP contribution in [-0.2, 0) is 6.42 Å². The monoisotopic (exact) mass is 207 g/mol. The molecule has 0 aromatic carbocycles. The van der Waals surface area contributed by atoms with E-state index in [0.29, 0.717) is 0 Å². The van der Waals surface area contributed by atoms with E-state index in [9.17, 15) is 8.78 Å². The Labute approximate surface area is 85.6 Å². The summed E-state index contributed by atoms with van der Waals surface area (Å²) >= 11 is 0.